The van der Waals surface area contributed by atoms with E-state index in [4.69, 9.17) is 9.47 Å². The number of fused-ring (bicyclic) bond motifs is 4. The molecule has 2 atom stereocenters. The maximum Gasteiger partial charge on any atom is 0.169 e. The second-order valence-corrected chi connectivity index (χ2v) is 8.60. The Balaban J connectivity index is 1.92. The summed E-state index contributed by atoms with van der Waals surface area (Å²) in [5.41, 5.74) is 0.322. The molecule has 0 spiro atoms. The van der Waals surface area contributed by atoms with Crippen LogP contribution in [0.2, 0.25) is 0 Å². The quantitative estimate of drug-likeness (QED) is 0.344. The smallest absolute Gasteiger partial charge is 0.169 e. The first-order chi connectivity index (χ1) is 15.8. The normalized spacial score (nSPS) is 23.7. The van der Waals surface area contributed by atoms with Crippen LogP contribution in [0.5, 0.6) is 5.75 Å². The van der Waals surface area contributed by atoms with E-state index >= 15 is 13.2 Å². The summed E-state index contributed by atoms with van der Waals surface area (Å²) in [6.45, 7) is 7.75. The van der Waals surface area contributed by atoms with Crippen LogP contribution in [0.3, 0.4) is 0 Å². The number of allylic oxidation sites excluding steroid dienone is 5. The number of halogens is 3. The Morgan fingerprint density at radius 2 is 1.76 bits per heavy atom. The van der Waals surface area contributed by atoms with Gasteiger partial charge in [-0.15, -0.1) is 0 Å². The summed E-state index contributed by atoms with van der Waals surface area (Å²) in [7, 11) is 2.87. The number of methoxy groups -OCH3 is 2. The Morgan fingerprint density at radius 1 is 1.03 bits per heavy atom. The van der Waals surface area contributed by atoms with Gasteiger partial charge in [0, 0.05) is 22.1 Å². The van der Waals surface area contributed by atoms with E-state index in [9.17, 15) is 0 Å². The standard InChI is InChI=1S/C28H27F3O2/c1-17-5-6-19-13-15-28(16-14-19,24(17)25(29)18(2)32-3)23-12-11-22(26(30)27(23)31)20-7-9-21(33-4)10-8-20/h7-13,15,19H,1-2,5-6,14,16H2,3-4H3/b25-24+/t19?,28-/m0/s1. The highest BCUT2D eigenvalue weighted by Crippen LogP contribution is 2.52. The summed E-state index contributed by atoms with van der Waals surface area (Å²) in [6, 6.07) is 9.83. The maximum atomic E-state index is 15.7. The van der Waals surface area contributed by atoms with Crippen LogP contribution < -0.4 is 4.74 Å². The Labute approximate surface area is 192 Å². The van der Waals surface area contributed by atoms with E-state index in [1.54, 1.807) is 36.4 Å². The van der Waals surface area contributed by atoms with Crippen LogP contribution in [0.25, 0.3) is 11.1 Å². The van der Waals surface area contributed by atoms with Gasteiger partial charge in [0.2, 0.25) is 0 Å². The molecule has 2 bridgehead atoms. The molecule has 0 N–H and O–H groups in total. The zero-order chi connectivity index (χ0) is 23.8. The van der Waals surface area contributed by atoms with E-state index in [1.807, 2.05) is 12.2 Å². The maximum absolute atomic E-state index is 15.7. The van der Waals surface area contributed by atoms with E-state index in [1.165, 1.54) is 14.2 Å². The molecule has 5 rings (SSSR count). The number of ether oxygens (including phenoxy) is 2. The first-order valence-corrected chi connectivity index (χ1v) is 11.0. The Hall–Kier alpha value is -3.21. The van der Waals surface area contributed by atoms with Crippen LogP contribution in [0, 0.1) is 17.6 Å². The van der Waals surface area contributed by atoms with E-state index in [0.717, 1.165) is 12.8 Å². The molecular weight excluding hydrogens is 425 g/mol. The number of hydrogen-bond donors (Lipinski definition) is 0. The van der Waals surface area contributed by atoms with Crippen molar-refractivity contribution < 1.29 is 22.6 Å². The molecule has 0 aromatic heterocycles. The summed E-state index contributed by atoms with van der Waals surface area (Å²) < 4.78 is 57.0. The minimum absolute atomic E-state index is 0.0871. The molecule has 0 aliphatic heterocycles. The average Bonchev–Trinajstić information content (AvgIpc) is 2.83. The Morgan fingerprint density at radius 3 is 2.36 bits per heavy atom. The van der Waals surface area contributed by atoms with E-state index < -0.39 is 22.9 Å². The summed E-state index contributed by atoms with van der Waals surface area (Å²) in [4.78, 5) is 0. The molecule has 33 heavy (non-hydrogen) atoms. The van der Waals surface area contributed by atoms with Crippen molar-refractivity contribution in [1.29, 1.82) is 0 Å². The van der Waals surface area contributed by atoms with Crippen LogP contribution in [0.1, 0.15) is 31.2 Å². The van der Waals surface area contributed by atoms with Crippen LogP contribution in [0.15, 0.2) is 84.4 Å². The van der Waals surface area contributed by atoms with Crippen molar-refractivity contribution in [1.82, 2.24) is 0 Å². The topological polar surface area (TPSA) is 18.5 Å². The molecule has 0 heterocycles. The van der Waals surface area contributed by atoms with Crippen molar-refractivity contribution in [3.63, 3.8) is 0 Å². The van der Waals surface area contributed by atoms with Gasteiger partial charge in [-0.2, -0.15) is 0 Å². The lowest BCUT2D eigenvalue weighted by atomic mass is 9.61. The second kappa shape index (κ2) is 8.97. The first-order valence-electron chi connectivity index (χ1n) is 11.0. The fourth-order valence-corrected chi connectivity index (χ4v) is 4.97. The van der Waals surface area contributed by atoms with E-state index in [2.05, 4.69) is 13.2 Å². The van der Waals surface area contributed by atoms with Crippen LogP contribution in [0.4, 0.5) is 13.2 Å². The highest BCUT2D eigenvalue weighted by atomic mass is 19.2. The third-order valence-corrected chi connectivity index (χ3v) is 6.85. The molecule has 2 aromatic rings. The number of rotatable bonds is 5. The van der Waals surface area contributed by atoms with Gasteiger partial charge in [0.1, 0.15) is 11.5 Å². The fourth-order valence-electron chi connectivity index (χ4n) is 4.97. The zero-order valence-electron chi connectivity index (χ0n) is 18.9. The molecule has 1 fully saturated rings. The van der Waals surface area contributed by atoms with Gasteiger partial charge in [-0.3, -0.25) is 0 Å². The van der Waals surface area contributed by atoms with Gasteiger partial charge in [-0.1, -0.05) is 49.6 Å². The van der Waals surface area contributed by atoms with Crippen molar-refractivity contribution in [2.24, 2.45) is 5.92 Å². The van der Waals surface area contributed by atoms with Gasteiger partial charge in [-0.25, -0.2) is 13.2 Å². The molecular formula is C28H27F3O2. The number of benzene rings is 2. The molecule has 1 unspecified atom stereocenters. The summed E-state index contributed by atoms with van der Waals surface area (Å²) in [6.07, 6.45) is 6.37. The summed E-state index contributed by atoms with van der Waals surface area (Å²) in [5.74, 6) is -1.87. The molecule has 172 valence electrons. The van der Waals surface area contributed by atoms with Gasteiger partial charge in [-0.05, 0) is 54.9 Å². The highest BCUT2D eigenvalue weighted by molar-refractivity contribution is 5.67. The molecule has 0 radical (unpaired) electrons. The Kier molecular flexibility index (Phi) is 6.24. The minimum atomic E-state index is -1.19. The zero-order valence-corrected chi connectivity index (χ0v) is 18.9. The molecule has 3 aliphatic rings. The van der Waals surface area contributed by atoms with Crippen molar-refractivity contribution in [3.05, 3.63) is 102 Å². The fraction of sp³-hybridized carbons (Fsp3) is 0.286. The predicted molar refractivity (Wildman–Crippen MR) is 125 cm³/mol. The average molecular weight is 453 g/mol. The van der Waals surface area contributed by atoms with Crippen molar-refractivity contribution in [2.75, 3.05) is 14.2 Å². The summed E-state index contributed by atoms with van der Waals surface area (Å²) >= 11 is 0. The number of hydrogen-bond acceptors (Lipinski definition) is 2. The molecule has 1 saturated carbocycles. The van der Waals surface area contributed by atoms with Gasteiger partial charge in [0.05, 0.1) is 14.2 Å². The third-order valence-electron chi connectivity index (χ3n) is 6.85. The molecule has 0 saturated heterocycles. The van der Waals surface area contributed by atoms with Crippen LogP contribution >= 0.6 is 0 Å². The molecule has 0 amide bonds. The SMILES string of the molecule is C=C(OC)/C(F)=C1/C(=C)CCC2C=C[C@@]1(c1ccc(-c3ccc(OC)cc3)c(F)c1F)CC2. The molecule has 5 heteroatoms. The van der Waals surface area contributed by atoms with Crippen molar-refractivity contribution in [2.45, 2.75) is 31.1 Å². The lowest BCUT2D eigenvalue weighted by Gasteiger charge is -2.42. The molecule has 3 aliphatic carbocycles. The van der Waals surface area contributed by atoms with Crippen molar-refractivity contribution >= 4 is 0 Å². The second-order valence-electron chi connectivity index (χ2n) is 8.60. The monoisotopic (exact) mass is 452 g/mol. The van der Waals surface area contributed by atoms with Gasteiger partial charge in [0.25, 0.3) is 0 Å². The molecule has 2 aromatic carbocycles. The van der Waals surface area contributed by atoms with Crippen molar-refractivity contribution in [3.8, 4) is 16.9 Å². The van der Waals surface area contributed by atoms with E-state index in [-0.39, 0.29) is 22.5 Å². The van der Waals surface area contributed by atoms with Crippen LogP contribution in [-0.4, -0.2) is 14.2 Å². The molecule has 2 nitrogen and oxygen atoms in total. The predicted octanol–water partition coefficient (Wildman–Crippen LogP) is 7.58. The Bertz CT molecular complexity index is 1160. The highest BCUT2D eigenvalue weighted by Gasteiger charge is 2.44. The van der Waals surface area contributed by atoms with Gasteiger partial charge >= 0.3 is 0 Å². The van der Waals surface area contributed by atoms with Crippen LogP contribution in [-0.2, 0) is 10.2 Å². The minimum Gasteiger partial charge on any atom is -0.497 e. The largest absolute Gasteiger partial charge is 0.497 e. The lowest BCUT2D eigenvalue weighted by molar-refractivity contribution is 0.280. The third kappa shape index (κ3) is 3.90. The first kappa shape index (κ1) is 23.0. The lowest BCUT2D eigenvalue weighted by Crippen LogP contribution is -2.35. The van der Waals surface area contributed by atoms with E-state index in [0.29, 0.717) is 35.6 Å². The van der Waals surface area contributed by atoms with Gasteiger partial charge < -0.3 is 9.47 Å². The summed E-state index contributed by atoms with van der Waals surface area (Å²) in [5, 5.41) is 0. The van der Waals surface area contributed by atoms with Gasteiger partial charge in [0.15, 0.2) is 17.5 Å².